The molecule has 2 nitrogen and oxygen atoms in total. The summed E-state index contributed by atoms with van der Waals surface area (Å²) >= 11 is 3.28. The fourth-order valence-electron chi connectivity index (χ4n) is 1.28. The van der Waals surface area contributed by atoms with E-state index >= 15 is 0 Å². The van der Waals surface area contributed by atoms with Gasteiger partial charge in [0.1, 0.15) is 10.8 Å². The first-order valence-corrected chi connectivity index (χ1v) is 7.04. The molecule has 2 aromatic rings. The standard InChI is InChI=1S/C12H13FN2S2/c1-8(14)11-6-15-12(17-11)7-16-10-4-2-9(13)3-5-10/h2-6,8H,7,14H2,1H3. The number of thioether (sulfide) groups is 1. The van der Waals surface area contributed by atoms with Crippen LogP contribution in [0.5, 0.6) is 0 Å². The average molecular weight is 268 g/mol. The molecule has 0 fully saturated rings. The highest BCUT2D eigenvalue weighted by atomic mass is 32.2. The number of benzene rings is 1. The number of nitrogens with two attached hydrogens (primary N) is 1. The summed E-state index contributed by atoms with van der Waals surface area (Å²) in [5.41, 5.74) is 5.77. The number of rotatable bonds is 4. The SMILES string of the molecule is CC(N)c1cnc(CSc2ccc(F)cc2)s1. The molecule has 1 heterocycles. The lowest BCUT2D eigenvalue weighted by molar-refractivity contribution is 0.626. The van der Waals surface area contributed by atoms with E-state index in [1.54, 1.807) is 35.2 Å². The average Bonchev–Trinajstić information content (AvgIpc) is 2.77. The molecule has 0 bridgehead atoms. The van der Waals surface area contributed by atoms with Crippen molar-refractivity contribution in [3.8, 4) is 0 Å². The molecule has 2 N–H and O–H groups in total. The molecule has 0 aliphatic rings. The van der Waals surface area contributed by atoms with Crippen LogP contribution in [0.25, 0.3) is 0 Å². The Morgan fingerprint density at radius 2 is 2.12 bits per heavy atom. The van der Waals surface area contributed by atoms with Crippen LogP contribution < -0.4 is 5.73 Å². The highest BCUT2D eigenvalue weighted by molar-refractivity contribution is 7.98. The fraction of sp³-hybridized carbons (Fsp3) is 0.250. The third-order valence-electron chi connectivity index (χ3n) is 2.20. The Morgan fingerprint density at radius 1 is 1.41 bits per heavy atom. The van der Waals surface area contributed by atoms with E-state index in [0.717, 1.165) is 20.5 Å². The third kappa shape index (κ3) is 3.52. The van der Waals surface area contributed by atoms with E-state index in [9.17, 15) is 4.39 Å². The van der Waals surface area contributed by atoms with Gasteiger partial charge in [-0.3, -0.25) is 0 Å². The summed E-state index contributed by atoms with van der Waals surface area (Å²) in [6.45, 7) is 1.95. The minimum Gasteiger partial charge on any atom is -0.323 e. The Bertz CT molecular complexity index is 480. The van der Waals surface area contributed by atoms with Gasteiger partial charge in [0.05, 0.1) is 5.75 Å². The first-order chi connectivity index (χ1) is 8.15. The Morgan fingerprint density at radius 3 is 2.71 bits per heavy atom. The van der Waals surface area contributed by atoms with Gasteiger partial charge in [0.15, 0.2) is 0 Å². The molecule has 0 saturated heterocycles. The maximum atomic E-state index is 12.7. The molecular formula is C12H13FN2S2. The number of hydrogen-bond acceptors (Lipinski definition) is 4. The molecular weight excluding hydrogens is 255 g/mol. The van der Waals surface area contributed by atoms with E-state index in [2.05, 4.69) is 4.98 Å². The van der Waals surface area contributed by atoms with Gasteiger partial charge in [0.25, 0.3) is 0 Å². The predicted molar refractivity (Wildman–Crippen MR) is 70.7 cm³/mol. The summed E-state index contributed by atoms with van der Waals surface area (Å²) in [5, 5.41) is 1.05. The summed E-state index contributed by atoms with van der Waals surface area (Å²) in [6, 6.07) is 6.53. The van der Waals surface area contributed by atoms with Gasteiger partial charge in [-0.2, -0.15) is 0 Å². The minimum absolute atomic E-state index is 0.0390. The minimum atomic E-state index is -0.206. The van der Waals surface area contributed by atoms with Crippen LogP contribution in [0.4, 0.5) is 4.39 Å². The zero-order valence-corrected chi connectivity index (χ0v) is 11.0. The molecule has 0 spiro atoms. The van der Waals surface area contributed by atoms with Crippen LogP contribution in [-0.2, 0) is 5.75 Å². The topological polar surface area (TPSA) is 38.9 Å². The zero-order chi connectivity index (χ0) is 12.3. The molecule has 1 atom stereocenters. The molecule has 0 radical (unpaired) electrons. The van der Waals surface area contributed by atoms with Crippen LogP contribution in [0, 0.1) is 5.82 Å². The van der Waals surface area contributed by atoms with Crippen molar-refractivity contribution in [3.63, 3.8) is 0 Å². The molecule has 17 heavy (non-hydrogen) atoms. The molecule has 5 heteroatoms. The second kappa shape index (κ2) is 5.62. The number of nitrogens with zero attached hydrogens (tertiary/aromatic N) is 1. The summed E-state index contributed by atoms with van der Waals surface area (Å²) in [6.07, 6.45) is 1.83. The van der Waals surface area contributed by atoms with Gasteiger partial charge in [-0.15, -0.1) is 23.1 Å². The number of hydrogen-bond donors (Lipinski definition) is 1. The molecule has 90 valence electrons. The van der Waals surface area contributed by atoms with Crippen LogP contribution in [0.2, 0.25) is 0 Å². The van der Waals surface area contributed by atoms with E-state index < -0.39 is 0 Å². The Kier molecular flexibility index (Phi) is 4.15. The molecule has 0 amide bonds. The molecule has 0 aliphatic carbocycles. The fourth-order valence-corrected chi connectivity index (χ4v) is 3.05. The molecule has 0 aliphatic heterocycles. The van der Waals surface area contributed by atoms with Crippen LogP contribution in [0.1, 0.15) is 22.9 Å². The van der Waals surface area contributed by atoms with Gasteiger partial charge in [0.2, 0.25) is 0 Å². The van der Waals surface area contributed by atoms with Gasteiger partial charge in [-0.25, -0.2) is 9.37 Å². The molecule has 1 aromatic heterocycles. The van der Waals surface area contributed by atoms with Gasteiger partial charge in [-0.1, -0.05) is 0 Å². The van der Waals surface area contributed by atoms with Crippen molar-refractivity contribution < 1.29 is 4.39 Å². The van der Waals surface area contributed by atoms with E-state index in [0.29, 0.717) is 0 Å². The predicted octanol–water partition coefficient (Wildman–Crippen LogP) is 3.59. The van der Waals surface area contributed by atoms with Gasteiger partial charge in [-0.05, 0) is 31.2 Å². The van der Waals surface area contributed by atoms with Crippen LogP contribution in [-0.4, -0.2) is 4.98 Å². The summed E-state index contributed by atoms with van der Waals surface area (Å²) in [7, 11) is 0. The quantitative estimate of drug-likeness (QED) is 0.861. The van der Waals surface area contributed by atoms with Crippen molar-refractivity contribution in [1.29, 1.82) is 0 Å². The maximum absolute atomic E-state index is 12.7. The van der Waals surface area contributed by atoms with Crippen molar-refractivity contribution in [2.45, 2.75) is 23.6 Å². The summed E-state index contributed by atoms with van der Waals surface area (Å²) in [4.78, 5) is 6.46. The molecule has 0 saturated carbocycles. The lowest BCUT2D eigenvalue weighted by Gasteiger charge is -1.99. The Hall–Kier alpha value is -0.910. The van der Waals surface area contributed by atoms with Crippen molar-refractivity contribution in [2.24, 2.45) is 5.73 Å². The normalized spacial score (nSPS) is 12.6. The van der Waals surface area contributed by atoms with E-state index in [1.165, 1.54) is 12.1 Å². The number of thiazole rings is 1. The van der Waals surface area contributed by atoms with Gasteiger partial charge in [0, 0.05) is 22.0 Å². The summed E-state index contributed by atoms with van der Waals surface area (Å²) in [5.74, 6) is 0.589. The molecule has 1 aromatic carbocycles. The van der Waals surface area contributed by atoms with Crippen molar-refractivity contribution >= 4 is 23.1 Å². The first kappa shape index (κ1) is 12.5. The second-order valence-corrected chi connectivity index (χ2v) is 5.88. The van der Waals surface area contributed by atoms with E-state index in [4.69, 9.17) is 5.73 Å². The van der Waals surface area contributed by atoms with E-state index in [1.807, 2.05) is 13.1 Å². The zero-order valence-electron chi connectivity index (χ0n) is 9.39. The monoisotopic (exact) mass is 268 g/mol. The van der Waals surface area contributed by atoms with Crippen molar-refractivity contribution in [2.75, 3.05) is 0 Å². The van der Waals surface area contributed by atoms with Crippen LogP contribution in [0.15, 0.2) is 35.4 Å². The molecule has 2 rings (SSSR count). The highest BCUT2D eigenvalue weighted by Crippen LogP contribution is 2.26. The number of aromatic nitrogens is 1. The Balaban J connectivity index is 1.95. The maximum Gasteiger partial charge on any atom is 0.123 e. The van der Waals surface area contributed by atoms with Crippen molar-refractivity contribution in [3.05, 3.63) is 46.2 Å². The highest BCUT2D eigenvalue weighted by Gasteiger charge is 2.06. The lowest BCUT2D eigenvalue weighted by Crippen LogP contribution is -2.01. The van der Waals surface area contributed by atoms with Crippen LogP contribution in [0.3, 0.4) is 0 Å². The number of halogens is 1. The van der Waals surface area contributed by atoms with E-state index in [-0.39, 0.29) is 11.9 Å². The largest absolute Gasteiger partial charge is 0.323 e. The van der Waals surface area contributed by atoms with Gasteiger partial charge >= 0.3 is 0 Å². The molecule has 1 unspecified atom stereocenters. The second-order valence-electron chi connectivity index (χ2n) is 3.69. The van der Waals surface area contributed by atoms with Gasteiger partial charge < -0.3 is 5.73 Å². The van der Waals surface area contributed by atoms with Crippen molar-refractivity contribution in [1.82, 2.24) is 4.98 Å². The summed E-state index contributed by atoms with van der Waals surface area (Å²) < 4.78 is 12.7. The first-order valence-electron chi connectivity index (χ1n) is 5.23. The lowest BCUT2D eigenvalue weighted by atomic mass is 10.3. The Labute approximate surface area is 108 Å². The van der Waals surface area contributed by atoms with Crippen LogP contribution >= 0.6 is 23.1 Å². The smallest absolute Gasteiger partial charge is 0.123 e. The third-order valence-corrected chi connectivity index (χ3v) is 4.60.